The largest absolute Gasteiger partial charge is 0.452 e. The third-order valence-corrected chi connectivity index (χ3v) is 18.3. The summed E-state index contributed by atoms with van der Waals surface area (Å²) < 4.78 is 14.2. The van der Waals surface area contributed by atoms with Crippen LogP contribution in [0.25, 0.3) is 153 Å². The highest BCUT2D eigenvalue weighted by molar-refractivity contribution is 7.26. The summed E-state index contributed by atoms with van der Waals surface area (Å²) in [7, 11) is 0. The first-order valence-corrected chi connectivity index (χ1v) is 27.8. The normalized spacial score (nSPS) is 13.0. The second-order valence-corrected chi connectivity index (χ2v) is 22.7. The summed E-state index contributed by atoms with van der Waals surface area (Å²) >= 11 is 1.89. The van der Waals surface area contributed by atoms with Gasteiger partial charge in [-0.1, -0.05) is 166 Å². The lowest BCUT2D eigenvalue weighted by molar-refractivity contribution is 0.661. The predicted molar refractivity (Wildman–Crippen MR) is 330 cm³/mol. The van der Waals surface area contributed by atoms with Gasteiger partial charge in [-0.25, -0.2) is 9.97 Å². The van der Waals surface area contributed by atoms with E-state index in [0.29, 0.717) is 5.58 Å². The van der Waals surface area contributed by atoms with E-state index < -0.39 is 0 Å². The Bertz CT molecular complexity index is 5240. The van der Waals surface area contributed by atoms with Crippen molar-refractivity contribution < 1.29 is 4.42 Å². The summed E-state index contributed by atoms with van der Waals surface area (Å²) in [6.07, 6.45) is 1.68. The molecule has 0 spiro atoms. The first-order valence-electron chi connectivity index (χ1n) is 27.0. The van der Waals surface area contributed by atoms with Crippen LogP contribution >= 0.6 is 11.3 Å². The molecule has 16 aromatic rings. The van der Waals surface area contributed by atoms with Gasteiger partial charge in [-0.3, -0.25) is 0 Å². The Morgan fingerprint density at radius 3 is 1.78 bits per heavy atom. The van der Waals surface area contributed by atoms with Crippen LogP contribution in [0.2, 0.25) is 0 Å². The van der Waals surface area contributed by atoms with Crippen molar-refractivity contribution in [1.29, 1.82) is 0 Å². The molecular weight excluding hydrogens is 981 g/mol. The second kappa shape index (κ2) is 16.6. The number of thiophene rings is 1. The predicted octanol–water partition coefficient (Wildman–Crippen LogP) is 19.9. The Hall–Kier alpha value is -9.88. The molecule has 79 heavy (non-hydrogen) atoms. The molecule has 0 radical (unpaired) electrons. The van der Waals surface area contributed by atoms with Crippen molar-refractivity contribution in [2.24, 2.45) is 0 Å². The molecule has 5 heterocycles. The van der Waals surface area contributed by atoms with Crippen molar-refractivity contribution in [1.82, 2.24) is 19.1 Å². The average molecular weight is 1030 g/mol. The van der Waals surface area contributed by atoms with Gasteiger partial charge in [0.05, 0.1) is 22.1 Å². The SMILES string of the molecule is CC1(C)c2cc(-c3ccc4oc5c(-c6cccc(-n7c8ccccc8c8ccc(-c9ccc%10c(c9)c9ccccc9n%10-c9ccccc9)cc87)c6)ncnc5c4c3)ccc2-c2ccc(-c3cccc4c3sc3ccccc34)cc21. The standard InChI is InChI=1S/C73H46N4OS/c1-73(2)61-39-45(26-31-52(61)53-32-28-47(40-62(53)73)51-21-13-22-58-57-20-8-11-25-68(57)79-72(51)58)44-30-35-67-60(38-44)70-71(78-67)69(74-42-75-70)48-14-12-17-50(36-48)77-63-23-9-6-18-54(63)56-33-27-46(41-66(56)77)43-29-34-65-59(37-43)55-19-7-10-24-64(55)76(65)49-15-4-3-5-16-49/h3-42H,1-2H3. The Morgan fingerprint density at radius 2 is 0.962 bits per heavy atom. The minimum absolute atomic E-state index is 0.198. The summed E-state index contributed by atoms with van der Waals surface area (Å²) in [5.74, 6) is 0. The molecule has 5 aromatic heterocycles. The van der Waals surface area contributed by atoms with E-state index in [9.17, 15) is 0 Å². The fraction of sp³-hybridized carbons (Fsp3) is 0.0411. The van der Waals surface area contributed by atoms with Gasteiger partial charge < -0.3 is 13.6 Å². The zero-order chi connectivity index (χ0) is 52.1. The van der Waals surface area contributed by atoms with Crippen LogP contribution in [0.4, 0.5) is 0 Å². The zero-order valence-corrected chi connectivity index (χ0v) is 44.0. The number of nitrogens with zero attached hydrogens (tertiary/aromatic N) is 4. The number of para-hydroxylation sites is 3. The van der Waals surface area contributed by atoms with Gasteiger partial charge in [-0.15, -0.1) is 11.3 Å². The highest BCUT2D eigenvalue weighted by atomic mass is 32.1. The maximum absolute atomic E-state index is 6.76. The molecule has 1 aliphatic carbocycles. The number of aromatic nitrogens is 4. The van der Waals surface area contributed by atoms with Gasteiger partial charge >= 0.3 is 0 Å². The molecule has 0 amide bonds. The van der Waals surface area contributed by atoms with Crippen LogP contribution in [0.3, 0.4) is 0 Å². The van der Waals surface area contributed by atoms with Crippen LogP contribution in [0.15, 0.2) is 247 Å². The minimum Gasteiger partial charge on any atom is -0.452 e. The van der Waals surface area contributed by atoms with Gasteiger partial charge in [0.25, 0.3) is 0 Å². The molecule has 0 saturated carbocycles. The summed E-state index contributed by atoms with van der Waals surface area (Å²) in [4.78, 5) is 9.83. The van der Waals surface area contributed by atoms with Crippen LogP contribution < -0.4 is 0 Å². The van der Waals surface area contributed by atoms with Gasteiger partial charge in [0.1, 0.15) is 23.1 Å². The first kappa shape index (κ1) is 44.3. The Morgan fingerprint density at radius 1 is 0.380 bits per heavy atom. The maximum atomic E-state index is 6.76. The number of fused-ring (bicyclic) bond motifs is 15. The molecule has 0 N–H and O–H groups in total. The van der Waals surface area contributed by atoms with E-state index in [2.05, 4.69) is 260 Å². The molecule has 6 heteroatoms. The third-order valence-electron chi connectivity index (χ3n) is 17.0. The quantitative estimate of drug-likeness (QED) is 0.167. The molecule has 1 aliphatic rings. The molecule has 0 aliphatic heterocycles. The van der Waals surface area contributed by atoms with E-state index in [4.69, 9.17) is 14.4 Å². The van der Waals surface area contributed by atoms with Crippen LogP contribution in [0, 0.1) is 0 Å². The molecule has 17 rings (SSSR count). The third kappa shape index (κ3) is 6.50. The number of hydrogen-bond donors (Lipinski definition) is 0. The lowest BCUT2D eigenvalue weighted by atomic mass is 9.80. The number of hydrogen-bond acceptors (Lipinski definition) is 4. The van der Waals surface area contributed by atoms with E-state index in [0.717, 1.165) is 61.3 Å². The van der Waals surface area contributed by atoms with E-state index in [1.807, 2.05) is 11.3 Å². The summed E-state index contributed by atoms with van der Waals surface area (Å²) in [5, 5.41) is 8.49. The summed E-state index contributed by atoms with van der Waals surface area (Å²) in [6.45, 7) is 4.75. The first-order chi connectivity index (χ1) is 38.9. The molecule has 0 saturated heterocycles. The van der Waals surface area contributed by atoms with Crippen molar-refractivity contribution in [2.75, 3.05) is 0 Å². The molecule has 5 nitrogen and oxygen atoms in total. The van der Waals surface area contributed by atoms with Crippen molar-refractivity contribution in [3.05, 3.63) is 254 Å². The fourth-order valence-corrected chi connectivity index (χ4v) is 14.5. The van der Waals surface area contributed by atoms with Crippen molar-refractivity contribution in [2.45, 2.75) is 19.3 Å². The van der Waals surface area contributed by atoms with Crippen molar-refractivity contribution in [3.63, 3.8) is 0 Å². The van der Waals surface area contributed by atoms with Crippen LogP contribution in [-0.2, 0) is 5.41 Å². The van der Waals surface area contributed by atoms with Gasteiger partial charge in [0.2, 0.25) is 0 Å². The molecule has 0 fully saturated rings. The van der Waals surface area contributed by atoms with Crippen LogP contribution in [0.1, 0.15) is 25.0 Å². The van der Waals surface area contributed by atoms with Crippen LogP contribution in [0.5, 0.6) is 0 Å². The lowest BCUT2D eigenvalue weighted by Gasteiger charge is -2.22. The monoisotopic (exact) mass is 1030 g/mol. The lowest BCUT2D eigenvalue weighted by Crippen LogP contribution is -2.15. The topological polar surface area (TPSA) is 48.8 Å². The van der Waals surface area contributed by atoms with E-state index in [1.54, 1.807) is 6.33 Å². The van der Waals surface area contributed by atoms with Gasteiger partial charge in [-0.2, -0.15) is 0 Å². The fourth-order valence-electron chi connectivity index (χ4n) is 13.2. The van der Waals surface area contributed by atoms with E-state index >= 15 is 0 Å². The van der Waals surface area contributed by atoms with E-state index in [1.165, 1.54) is 97.3 Å². The van der Waals surface area contributed by atoms with Gasteiger partial charge in [-0.05, 0) is 141 Å². The smallest absolute Gasteiger partial charge is 0.180 e. The molecule has 0 atom stereocenters. The Balaban J connectivity index is 0.728. The van der Waals surface area contributed by atoms with Crippen molar-refractivity contribution in [3.8, 4) is 67.1 Å². The summed E-state index contributed by atoms with van der Waals surface area (Å²) in [5.41, 5.74) is 23.1. The molecular formula is C73H46N4OS. The van der Waals surface area contributed by atoms with Crippen molar-refractivity contribution >= 4 is 97.2 Å². The summed E-state index contributed by atoms with van der Waals surface area (Å²) in [6, 6.07) is 86.7. The van der Waals surface area contributed by atoms with Crippen LogP contribution in [-0.4, -0.2) is 19.1 Å². The van der Waals surface area contributed by atoms with E-state index in [-0.39, 0.29) is 5.41 Å². The Labute approximate surface area is 458 Å². The zero-order valence-electron chi connectivity index (χ0n) is 43.2. The maximum Gasteiger partial charge on any atom is 0.180 e. The Kier molecular flexibility index (Phi) is 9.28. The number of benzene rings is 11. The number of furan rings is 1. The average Bonchev–Trinajstić information content (AvgIpc) is 4.47. The molecule has 370 valence electrons. The molecule has 0 bridgehead atoms. The molecule has 0 unspecified atom stereocenters. The second-order valence-electron chi connectivity index (χ2n) is 21.7. The van der Waals surface area contributed by atoms with Gasteiger partial charge in [0.15, 0.2) is 5.58 Å². The number of rotatable bonds is 6. The highest BCUT2D eigenvalue weighted by Gasteiger charge is 2.36. The minimum atomic E-state index is -0.198. The van der Waals surface area contributed by atoms with Gasteiger partial charge in [0, 0.05) is 69.5 Å². The highest BCUT2D eigenvalue weighted by Crippen LogP contribution is 2.52. The molecule has 11 aromatic carbocycles.